The van der Waals surface area contributed by atoms with Crippen LogP contribution in [0.5, 0.6) is 5.75 Å². The Bertz CT molecular complexity index is 681. The molecule has 0 aliphatic carbocycles. The van der Waals surface area contributed by atoms with E-state index < -0.39 is 11.9 Å². The van der Waals surface area contributed by atoms with E-state index in [-0.39, 0.29) is 29.7 Å². The summed E-state index contributed by atoms with van der Waals surface area (Å²) in [6, 6.07) is 4.81. The summed E-state index contributed by atoms with van der Waals surface area (Å²) in [6.07, 6.45) is 0.204. The van der Waals surface area contributed by atoms with Gasteiger partial charge in [0.15, 0.2) is 0 Å². The summed E-state index contributed by atoms with van der Waals surface area (Å²) in [5.41, 5.74) is 6.14. The number of para-hydroxylation sites is 1. The monoisotopic (exact) mass is 290 g/mol. The second-order valence-electron chi connectivity index (χ2n) is 4.19. The summed E-state index contributed by atoms with van der Waals surface area (Å²) >= 11 is 0. The number of benzene rings is 1. The lowest BCUT2D eigenvalue weighted by atomic mass is 10.1. The molecule has 8 nitrogen and oxygen atoms in total. The average molecular weight is 290 g/mol. The maximum absolute atomic E-state index is 12.2. The molecule has 0 spiro atoms. The van der Waals surface area contributed by atoms with E-state index >= 15 is 0 Å². The number of amides is 1. The average Bonchev–Trinajstić information content (AvgIpc) is 2.86. The van der Waals surface area contributed by atoms with Gasteiger partial charge in [-0.05, 0) is 23.7 Å². The number of nitrogens with two attached hydrogens (primary N) is 1. The van der Waals surface area contributed by atoms with Gasteiger partial charge in [-0.25, -0.2) is 0 Å². The minimum Gasteiger partial charge on any atom is -0.425 e. The number of anilines is 2. The molecule has 0 atom stereocenters. The van der Waals surface area contributed by atoms with Crippen molar-refractivity contribution in [3.63, 3.8) is 0 Å². The SMILES string of the molecule is CCC(=O)Oc1c(C)cccc1C(=O)Nc1nc(N)no1. The number of hydrogen-bond donors (Lipinski definition) is 2. The van der Waals surface area contributed by atoms with Crippen LogP contribution in [-0.2, 0) is 4.79 Å². The number of carbonyl (C=O) groups excluding carboxylic acids is 2. The molecule has 8 heteroatoms. The van der Waals surface area contributed by atoms with Crippen LogP contribution in [0.1, 0.15) is 29.3 Å². The molecule has 1 aromatic heterocycles. The van der Waals surface area contributed by atoms with E-state index in [1.165, 1.54) is 6.07 Å². The molecule has 0 fully saturated rings. The van der Waals surface area contributed by atoms with Gasteiger partial charge < -0.3 is 15.0 Å². The van der Waals surface area contributed by atoms with E-state index in [2.05, 4.69) is 15.5 Å². The number of hydrogen-bond acceptors (Lipinski definition) is 7. The summed E-state index contributed by atoms with van der Waals surface area (Å²) in [7, 11) is 0. The van der Waals surface area contributed by atoms with Crippen LogP contribution >= 0.6 is 0 Å². The fourth-order valence-electron chi connectivity index (χ4n) is 1.60. The van der Waals surface area contributed by atoms with Crippen LogP contribution < -0.4 is 15.8 Å². The van der Waals surface area contributed by atoms with Crippen LogP contribution in [0.25, 0.3) is 0 Å². The molecular weight excluding hydrogens is 276 g/mol. The van der Waals surface area contributed by atoms with E-state index in [0.717, 1.165) is 0 Å². The number of nitrogens with one attached hydrogen (secondary N) is 1. The third-order valence-corrected chi connectivity index (χ3v) is 2.62. The van der Waals surface area contributed by atoms with Crippen molar-refractivity contribution in [2.24, 2.45) is 0 Å². The summed E-state index contributed by atoms with van der Waals surface area (Å²) in [5.74, 6) is -0.858. The van der Waals surface area contributed by atoms with Crippen LogP contribution in [0, 0.1) is 6.92 Å². The molecule has 3 N–H and O–H groups in total. The van der Waals surface area contributed by atoms with Gasteiger partial charge in [0, 0.05) is 6.42 Å². The minimum atomic E-state index is -0.541. The van der Waals surface area contributed by atoms with Gasteiger partial charge in [-0.2, -0.15) is 4.98 Å². The molecular formula is C13H14N4O4. The Balaban J connectivity index is 2.27. The van der Waals surface area contributed by atoms with Crippen molar-refractivity contribution in [1.82, 2.24) is 10.1 Å². The maximum Gasteiger partial charge on any atom is 0.330 e. The quantitative estimate of drug-likeness (QED) is 0.647. The van der Waals surface area contributed by atoms with Gasteiger partial charge in [-0.1, -0.05) is 19.1 Å². The van der Waals surface area contributed by atoms with E-state index in [1.54, 1.807) is 26.0 Å². The molecule has 0 aliphatic heterocycles. The molecule has 0 radical (unpaired) electrons. The molecule has 0 bridgehead atoms. The molecule has 0 saturated heterocycles. The first kappa shape index (κ1) is 14.5. The van der Waals surface area contributed by atoms with Gasteiger partial charge in [0.05, 0.1) is 5.56 Å². The predicted molar refractivity (Wildman–Crippen MR) is 73.8 cm³/mol. The van der Waals surface area contributed by atoms with Crippen LogP contribution in [0.15, 0.2) is 22.7 Å². The Hall–Kier alpha value is -2.90. The maximum atomic E-state index is 12.2. The Morgan fingerprint density at radius 3 is 2.81 bits per heavy atom. The zero-order chi connectivity index (χ0) is 15.4. The second-order valence-corrected chi connectivity index (χ2v) is 4.19. The fourth-order valence-corrected chi connectivity index (χ4v) is 1.60. The normalized spacial score (nSPS) is 10.2. The predicted octanol–water partition coefficient (Wildman–Crippen LogP) is 1.53. The van der Waals surface area contributed by atoms with Crippen molar-refractivity contribution < 1.29 is 18.8 Å². The summed E-state index contributed by atoms with van der Waals surface area (Å²) in [5, 5.41) is 5.74. The molecule has 2 aromatic rings. The van der Waals surface area contributed by atoms with Crippen molar-refractivity contribution >= 4 is 23.8 Å². The van der Waals surface area contributed by atoms with E-state index in [9.17, 15) is 9.59 Å². The Morgan fingerprint density at radius 1 is 1.43 bits per heavy atom. The third-order valence-electron chi connectivity index (χ3n) is 2.62. The molecule has 1 amide bonds. The highest BCUT2D eigenvalue weighted by molar-refractivity contribution is 6.05. The number of rotatable bonds is 4. The Labute approximate surface area is 120 Å². The van der Waals surface area contributed by atoms with Gasteiger partial charge in [-0.3, -0.25) is 14.9 Å². The van der Waals surface area contributed by atoms with E-state index in [1.807, 2.05) is 0 Å². The van der Waals surface area contributed by atoms with Gasteiger partial charge >= 0.3 is 12.0 Å². The highest BCUT2D eigenvalue weighted by Crippen LogP contribution is 2.24. The third kappa shape index (κ3) is 3.35. The summed E-state index contributed by atoms with van der Waals surface area (Å²) in [6.45, 7) is 3.40. The van der Waals surface area contributed by atoms with Gasteiger partial charge in [0.1, 0.15) is 5.75 Å². The van der Waals surface area contributed by atoms with Crippen molar-refractivity contribution in [3.8, 4) is 5.75 Å². The molecule has 1 aromatic carbocycles. The first-order valence-corrected chi connectivity index (χ1v) is 6.22. The molecule has 0 saturated carbocycles. The first-order valence-electron chi connectivity index (χ1n) is 6.22. The van der Waals surface area contributed by atoms with E-state index in [4.69, 9.17) is 15.0 Å². The van der Waals surface area contributed by atoms with E-state index in [0.29, 0.717) is 5.56 Å². The lowest BCUT2D eigenvalue weighted by Crippen LogP contribution is -2.16. The van der Waals surface area contributed by atoms with Crippen LogP contribution in [0.4, 0.5) is 12.0 Å². The zero-order valence-corrected chi connectivity index (χ0v) is 11.5. The van der Waals surface area contributed by atoms with Crippen molar-refractivity contribution in [3.05, 3.63) is 29.3 Å². The van der Waals surface area contributed by atoms with Gasteiger partial charge in [0.25, 0.3) is 11.9 Å². The lowest BCUT2D eigenvalue weighted by molar-refractivity contribution is -0.134. The minimum absolute atomic E-state index is 0.0906. The molecule has 110 valence electrons. The molecule has 0 aliphatic rings. The lowest BCUT2D eigenvalue weighted by Gasteiger charge is -2.11. The van der Waals surface area contributed by atoms with Crippen molar-refractivity contribution in [2.45, 2.75) is 20.3 Å². The van der Waals surface area contributed by atoms with Crippen LogP contribution in [0.3, 0.4) is 0 Å². The van der Waals surface area contributed by atoms with Gasteiger partial charge in [-0.15, -0.1) is 0 Å². The van der Waals surface area contributed by atoms with Crippen molar-refractivity contribution in [2.75, 3.05) is 11.1 Å². The number of nitrogens with zero attached hydrogens (tertiary/aromatic N) is 2. The smallest absolute Gasteiger partial charge is 0.330 e. The summed E-state index contributed by atoms with van der Waals surface area (Å²) < 4.78 is 9.90. The molecule has 0 unspecified atom stereocenters. The number of aryl methyl sites for hydroxylation is 1. The number of aromatic nitrogens is 2. The fraction of sp³-hybridized carbons (Fsp3) is 0.231. The largest absolute Gasteiger partial charge is 0.425 e. The first-order chi connectivity index (χ1) is 10.0. The second kappa shape index (κ2) is 6.04. The zero-order valence-electron chi connectivity index (χ0n) is 11.5. The Morgan fingerprint density at radius 2 is 2.19 bits per heavy atom. The van der Waals surface area contributed by atoms with Crippen LogP contribution in [-0.4, -0.2) is 22.0 Å². The number of carbonyl (C=O) groups is 2. The van der Waals surface area contributed by atoms with Crippen molar-refractivity contribution in [1.29, 1.82) is 0 Å². The van der Waals surface area contributed by atoms with Gasteiger partial charge in [0.2, 0.25) is 0 Å². The highest BCUT2D eigenvalue weighted by Gasteiger charge is 2.18. The number of esters is 1. The standard InChI is InChI=1S/C13H14N4O4/c1-3-9(18)20-10-7(2)5-4-6-8(10)11(19)15-13-16-12(14)17-21-13/h4-6H,3H2,1-2H3,(H3,14,15,16,17,19). The summed E-state index contributed by atoms with van der Waals surface area (Å²) in [4.78, 5) is 27.3. The molecule has 1 heterocycles. The number of ether oxygens (including phenoxy) is 1. The molecule has 21 heavy (non-hydrogen) atoms. The highest BCUT2D eigenvalue weighted by atomic mass is 16.5. The van der Waals surface area contributed by atoms with Crippen LogP contribution in [0.2, 0.25) is 0 Å². The number of nitrogen functional groups attached to an aromatic ring is 1. The molecule has 2 rings (SSSR count). The Kier molecular flexibility index (Phi) is 4.17. The topological polar surface area (TPSA) is 120 Å².